The molecule has 0 saturated carbocycles. The molecule has 0 aliphatic carbocycles. The molecule has 5 nitrogen and oxygen atoms in total. The van der Waals surface area contributed by atoms with Gasteiger partial charge in [0.25, 0.3) is 5.91 Å². The van der Waals surface area contributed by atoms with Crippen LogP contribution in [0.2, 0.25) is 0 Å². The molecule has 5 heteroatoms. The van der Waals surface area contributed by atoms with Crippen molar-refractivity contribution in [1.82, 2.24) is 15.1 Å². The molecule has 0 atom stereocenters. The second kappa shape index (κ2) is 7.72. The predicted octanol–water partition coefficient (Wildman–Crippen LogP) is 3.58. The zero-order valence-electron chi connectivity index (χ0n) is 16.1. The number of nitrogens with one attached hydrogen (secondary N) is 1. The largest absolute Gasteiger partial charge is 0.478 e. The normalized spacial score (nSPS) is 11.4. The van der Waals surface area contributed by atoms with Crippen LogP contribution in [0, 0.1) is 20.8 Å². The quantitative estimate of drug-likeness (QED) is 0.836. The van der Waals surface area contributed by atoms with Crippen molar-refractivity contribution in [3.05, 3.63) is 46.8 Å². The number of carbonyl (C=O) groups excluding carboxylic acids is 1. The number of aromatic nitrogens is 2. The van der Waals surface area contributed by atoms with Gasteiger partial charge in [0.15, 0.2) is 5.60 Å². The highest BCUT2D eigenvalue weighted by Crippen LogP contribution is 2.21. The Kier molecular flexibility index (Phi) is 5.88. The van der Waals surface area contributed by atoms with E-state index in [9.17, 15) is 4.79 Å². The summed E-state index contributed by atoms with van der Waals surface area (Å²) in [5, 5.41) is 7.22. The molecule has 0 spiro atoms. The van der Waals surface area contributed by atoms with Crippen molar-refractivity contribution in [2.75, 3.05) is 13.6 Å². The number of amides is 1. The lowest BCUT2D eigenvalue weighted by atomic mass is 10.1. The minimum absolute atomic E-state index is 0.0188. The Balaban J connectivity index is 1.91. The van der Waals surface area contributed by atoms with E-state index in [2.05, 4.69) is 10.2 Å². The summed E-state index contributed by atoms with van der Waals surface area (Å²) in [7, 11) is 1.83. The van der Waals surface area contributed by atoms with Gasteiger partial charge in [-0.05, 0) is 70.7 Å². The van der Waals surface area contributed by atoms with Crippen LogP contribution in [0.5, 0.6) is 5.75 Å². The first-order valence-corrected chi connectivity index (χ1v) is 8.72. The monoisotopic (exact) mass is 343 g/mol. The van der Waals surface area contributed by atoms with Gasteiger partial charge < -0.3 is 9.64 Å². The van der Waals surface area contributed by atoms with Gasteiger partial charge >= 0.3 is 0 Å². The molecule has 0 bridgehead atoms. The molecular weight excluding hydrogens is 314 g/mol. The van der Waals surface area contributed by atoms with Crippen LogP contribution in [0.4, 0.5) is 0 Å². The average molecular weight is 343 g/mol. The summed E-state index contributed by atoms with van der Waals surface area (Å²) in [5.74, 6) is 0.700. The summed E-state index contributed by atoms with van der Waals surface area (Å²) >= 11 is 0. The lowest BCUT2D eigenvalue weighted by Gasteiger charge is -2.30. The Morgan fingerprint density at radius 2 is 2.00 bits per heavy atom. The Morgan fingerprint density at radius 1 is 1.28 bits per heavy atom. The molecule has 0 fully saturated rings. The maximum Gasteiger partial charge on any atom is 0.265 e. The van der Waals surface area contributed by atoms with Gasteiger partial charge in [0, 0.05) is 19.3 Å². The number of aryl methyl sites for hydroxylation is 3. The fourth-order valence-corrected chi connectivity index (χ4v) is 3.01. The van der Waals surface area contributed by atoms with Gasteiger partial charge in [-0.2, -0.15) is 5.10 Å². The number of aromatic amines is 1. The first-order valence-electron chi connectivity index (χ1n) is 8.72. The van der Waals surface area contributed by atoms with Crippen LogP contribution >= 0.6 is 0 Å². The number of carbonyl (C=O) groups is 1. The van der Waals surface area contributed by atoms with Gasteiger partial charge in [0.1, 0.15) is 5.75 Å². The van der Waals surface area contributed by atoms with Crippen molar-refractivity contribution >= 4 is 5.91 Å². The second-order valence-electron chi connectivity index (χ2n) is 7.17. The van der Waals surface area contributed by atoms with E-state index in [1.807, 2.05) is 65.9 Å². The first kappa shape index (κ1) is 19.0. The van der Waals surface area contributed by atoms with Crippen LogP contribution in [0.3, 0.4) is 0 Å². The Morgan fingerprint density at radius 3 is 2.60 bits per heavy atom. The first-order chi connectivity index (χ1) is 11.7. The SMILES string of the molecule is Cc1cccc(OC(C)(C)C(=O)N(C)CCCc2c(C)n[nH]c2C)c1. The van der Waals surface area contributed by atoms with Gasteiger partial charge in [-0.1, -0.05) is 12.1 Å². The molecular formula is C20H29N3O2. The molecule has 0 aliphatic rings. The number of likely N-dealkylation sites (N-methyl/N-ethyl adjacent to an activating group) is 1. The molecule has 2 rings (SSSR count). The van der Waals surface area contributed by atoms with Crippen molar-refractivity contribution in [2.24, 2.45) is 0 Å². The van der Waals surface area contributed by atoms with Crippen molar-refractivity contribution in [3.8, 4) is 5.75 Å². The Hall–Kier alpha value is -2.30. The van der Waals surface area contributed by atoms with Crippen LogP contribution in [-0.2, 0) is 11.2 Å². The Labute approximate surface area is 150 Å². The van der Waals surface area contributed by atoms with Gasteiger partial charge in [0.2, 0.25) is 0 Å². The molecule has 0 saturated heterocycles. The van der Waals surface area contributed by atoms with E-state index in [1.54, 1.807) is 4.90 Å². The molecule has 2 aromatic rings. The molecule has 1 aromatic heterocycles. The van der Waals surface area contributed by atoms with E-state index >= 15 is 0 Å². The van der Waals surface area contributed by atoms with Crippen molar-refractivity contribution in [2.45, 2.75) is 53.1 Å². The molecule has 136 valence electrons. The van der Waals surface area contributed by atoms with E-state index in [0.717, 1.165) is 35.5 Å². The van der Waals surface area contributed by atoms with Gasteiger partial charge in [0.05, 0.1) is 5.69 Å². The van der Waals surface area contributed by atoms with E-state index in [0.29, 0.717) is 6.54 Å². The minimum atomic E-state index is -0.899. The molecule has 1 heterocycles. The third-order valence-electron chi connectivity index (χ3n) is 4.43. The zero-order valence-corrected chi connectivity index (χ0v) is 16.1. The predicted molar refractivity (Wildman–Crippen MR) is 99.9 cm³/mol. The van der Waals surface area contributed by atoms with Gasteiger partial charge in [-0.25, -0.2) is 0 Å². The summed E-state index contributed by atoms with van der Waals surface area (Å²) in [6, 6.07) is 7.77. The van der Waals surface area contributed by atoms with Crippen LogP contribution in [0.1, 0.15) is 42.8 Å². The fourth-order valence-electron chi connectivity index (χ4n) is 3.01. The highest BCUT2D eigenvalue weighted by atomic mass is 16.5. The van der Waals surface area contributed by atoms with Crippen LogP contribution < -0.4 is 4.74 Å². The van der Waals surface area contributed by atoms with Crippen LogP contribution in [0.15, 0.2) is 24.3 Å². The van der Waals surface area contributed by atoms with Crippen molar-refractivity contribution in [1.29, 1.82) is 0 Å². The molecule has 0 aliphatic heterocycles. The number of ether oxygens (including phenoxy) is 1. The number of rotatable bonds is 7. The third-order valence-corrected chi connectivity index (χ3v) is 4.43. The fraction of sp³-hybridized carbons (Fsp3) is 0.500. The van der Waals surface area contributed by atoms with Gasteiger partial charge in [-0.15, -0.1) is 0 Å². The highest BCUT2D eigenvalue weighted by molar-refractivity contribution is 5.84. The van der Waals surface area contributed by atoms with E-state index in [-0.39, 0.29) is 5.91 Å². The van der Waals surface area contributed by atoms with E-state index < -0.39 is 5.60 Å². The number of hydrogen-bond donors (Lipinski definition) is 1. The smallest absolute Gasteiger partial charge is 0.265 e. The summed E-state index contributed by atoms with van der Waals surface area (Å²) in [6.45, 7) is 10.4. The number of nitrogens with zero attached hydrogens (tertiary/aromatic N) is 2. The van der Waals surface area contributed by atoms with Crippen molar-refractivity contribution < 1.29 is 9.53 Å². The van der Waals surface area contributed by atoms with Crippen LogP contribution in [-0.4, -0.2) is 40.2 Å². The maximum absolute atomic E-state index is 12.8. The zero-order chi connectivity index (χ0) is 18.6. The minimum Gasteiger partial charge on any atom is -0.478 e. The molecule has 0 unspecified atom stereocenters. The lowest BCUT2D eigenvalue weighted by Crippen LogP contribution is -2.47. The molecule has 0 radical (unpaired) electrons. The highest BCUT2D eigenvalue weighted by Gasteiger charge is 2.32. The lowest BCUT2D eigenvalue weighted by molar-refractivity contribution is -0.144. The topological polar surface area (TPSA) is 58.2 Å². The van der Waals surface area contributed by atoms with Crippen LogP contribution in [0.25, 0.3) is 0 Å². The average Bonchev–Trinajstić information content (AvgIpc) is 2.85. The third kappa shape index (κ3) is 4.84. The Bertz CT molecular complexity index is 715. The van der Waals surface area contributed by atoms with Gasteiger partial charge in [-0.3, -0.25) is 9.89 Å². The van der Waals surface area contributed by atoms with E-state index in [1.165, 1.54) is 5.56 Å². The standard InChI is InChI=1S/C20H29N3O2/c1-14-9-7-10-17(13-14)25-20(4,5)19(24)23(6)12-8-11-18-15(2)21-22-16(18)3/h7,9-10,13H,8,11-12H2,1-6H3,(H,21,22). The van der Waals surface area contributed by atoms with Crippen molar-refractivity contribution in [3.63, 3.8) is 0 Å². The molecule has 1 amide bonds. The number of hydrogen-bond acceptors (Lipinski definition) is 3. The number of H-pyrrole nitrogens is 1. The maximum atomic E-state index is 12.8. The summed E-state index contributed by atoms with van der Waals surface area (Å²) in [4.78, 5) is 14.5. The summed E-state index contributed by atoms with van der Waals surface area (Å²) in [6.07, 6.45) is 1.80. The number of benzene rings is 1. The molecule has 1 N–H and O–H groups in total. The summed E-state index contributed by atoms with van der Waals surface area (Å²) < 4.78 is 5.95. The second-order valence-corrected chi connectivity index (χ2v) is 7.17. The summed E-state index contributed by atoms with van der Waals surface area (Å²) in [5.41, 5.74) is 3.60. The molecule has 25 heavy (non-hydrogen) atoms. The van der Waals surface area contributed by atoms with E-state index in [4.69, 9.17) is 4.74 Å². The molecule has 1 aromatic carbocycles.